The number of thiophene rings is 1. The van der Waals surface area contributed by atoms with Gasteiger partial charge in [0.1, 0.15) is 0 Å². The number of rotatable bonds is 7. The smallest absolute Gasteiger partial charge is 0.211 e. The summed E-state index contributed by atoms with van der Waals surface area (Å²) in [6, 6.07) is 1.97. The molecule has 6 heteroatoms. The van der Waals surface area contributed by atoms with Crippen molar-refractivity contribution in [3.05, 3.63) is 22.4 Å². The van der Waals surface area contributed by atoms with Crippen LogP contribution in [0, 0.1) is 5.92 Å². The predicted octanol–water partition coefficient (Wildman–Crippen LogP) is 2.42. The second-order valence-electron chi connectivity index (χ2n) is 5.37. The van der Waals surface area contributed by atoms with Crippen LogP contribution in [0.15, 0.2) is 16.8 Å². The van der Waals surface area contributed by atoms with Crippen LogP contribution < -0.4 is 4.72 Å². The van der Waals surface area contributed by atoms with Gasteiger partial charge in [-0.15, -0.1) is 0 Å². The van der Waals surface area contributed by atoms with Gasteiger partial charge in [-0.25, -0.2) is 13.1 Å². The van der Waals surface area contributed by atoms with Crippen molar-refractivity contribution in [2.24, 2.45) is 5.92 Å². The van der Waals surface area contributed by atoms with E-state index < -0.39 is 10.0 Å². The summed E-state index contributed by atoms with van der Waals surface area (Å²) >= 11 is 1.60. The lowest BCUT2D eigenvalue weighted by molar-refractivity contribution is 0.0259. The number of aryl methyl sites for hydroxylation is 1. The molecule has 1 aromatic heterocycles. The summed E-state index contributed by atoms with van der Waals surface area (Å²) in [6.45, 7) is 0.504. The zero-order valence-electron chi connectivity index (χ0n) is 11.9. The molecule has 1 aliphatic carbocycles. The zero-order valence-corrected chi connectivity index (χ0v) is 13.5. The molecular weight excluding hydrogens is 294 g/mol. The maximum absolute atomic E-state index is 12.0. The highest BCUT2D eigenvalue weighted by atomic mass is 32.2. The van der Waals surface area contributed by atoms with Crippen LogP contribution in [-0.4, -0.2) is 33.9 Å². The maximum Gasteiger partial charge on any atom is 0.211 e. The Morgan fingerprint density at radius 3 is 2.90 bits per heavy atom. The van der Waals surface area contributed by atoms with Crippen LogP contribution in [0.25, 0.3) is 0 Å². The van der Waals surface area contributed by atoms with Crippen molar-refractivity contribution in [1.29, 1.82) is 0 Å². The summed E-state index contributed by atoms with van der Waals surface area (Å²) < 4.78 is 32.2. The van der Waals surface area contributed by atoms with Crippen LogP contribution in [0.2, 0.25) is 0 Å². The number of nitrogens with one attached hydrogen (secondary N) is 1. The lowest BCUT2D eigenvalue weighted by Gasteiger charge is -2.30. The first kappa shape index (κ1) is 15.9. The van der Waals surface area contributed by atoms with Gasteiger partial charge in [-0.05, 0) is 47.6 Å². The minimum atomic E-state index is -3.19. The van der Waals surface area contributed by atoms with E-state index in [1.54, 1.807) is 18.4 Å². The van der Waals surface area contributed by atoms with E-state index in [9.17, 15) is 8.42 Å². The van der Waals surface area contributed by atoms with Gasteiger partial charge >= 0.3 is 0 Å². The Labute approximate surface area is 125 Å². The van der Waals surface area contributed by atoms with Crippen molar-refractivity contribution >= 4 is 21.4 Å². The van der Waals surface area contributed by atoms with E-state index >= 15 is 0 Å². The fourth-order valence-electron chi connectivity index (χ4n) is 2.71. The quantitative estimate of drug-likeness (QED) is 0.840. The molecule has 0 aliphatic heterocycles. The van der Waals surface area contributed by atoms with Gasteiger partial charge < -0.3 is 4.74 Å². The second-order valence-corrected chi connectivity index (χ2v) is 8.07. The summed E-state index contributed by atoms with van der Waals surface area (Å²) in [7, 11) is -1.47. The summed E-state index contributed by atoms with van der Waals surface area (Å²) in [4.78, 5) is 0. The lowest BCUT2D eigenvalue weighted by atomic mass is 9.86. The molecule has 0 spiro atoms. The third kappa shape index (κ3) is 4.84. The van der Waals surface area contributed by atoms with Gasteiger partial charge in [0, 0.05) is 13.7 Å². The molecule has 2 rings (SSSR count). The highest BCUT2D eigenvalue weighted by Gasteiger charge is 2.26. The topological polar surface area (TPSA) is 55.4 Å². The first-order valence-corrected chi connectivity index (χ1v) is 9.71. The van der Waals surface area contributed by atoms with Gasteiger partial charge in [-0.1, -0.05) is 12.8 Å². The molecule has 114 valence electrons. The van der Waals surface area contributed by atoms with Gasteiger partial charge in [-0.3, -0.25) is 0 Å². The first-order valence-electron chi connectivity index (χ1n) is 7.12. The van der Waals surface area contributed by atoms with E-state index in [2.05, 4.69) is 4.72 Å². The molecule has 20 heavy (non-hydrogen) atoms. The molecule has 0 amide bonds. The van der Waals surface area contributed by atoms with Crippen molar-refractivity contribution in [1.82, 2.24) is 4.72 Å². The molecular formula is C14H23NO3S2. The molecule has 0 bridgehead atoms. The highest BCUT2D eigenvalue weighted by Crippen LogP contribution is 2.26. The van der Waals surface area contributed by atoms with E-state index in [0.29, 0.717) is 18.9 Å². The molecule has 4 nitrogen and oxygen atoms in total. The molecule has 1 heterocycles. The van der Waals surface area contributed by atoms with Gasteiger partial charge in [0.15, 0.2) is 0 Å². The number of methoxy groups -OCH3 is 1. The minimum absolute atomic E-state index is 0.161. The van der Waals surface area contributed by atoms with Gasteiger partial charge in [0.05, 0.1) is 11.9 Å². The molecule has 0 unspecified atom stereocenters. The molecule has 0 saturated heterocycles. The molecule has 2 atom stereocenters. The molecule has 0 radical (unpaired) electrons. The average Bonchev–Trinajstić information content (AvgIpc) is 2.97. The van der Waals surface area contributed by atoms with Gasteiger partial charge in [-0.2, -0.15) is 11.3 Å². The first-order chi connectivity index (χ1) is 9.61. The van der Waals surface area contributed by atoms with Crippen molar-refractivity contribution < 1.29 is 13.2 Å². The van der Waals surface area contributed by atoms with Crippen LogP contribution in [0.3, 0.4) is 0 Å². The Morgan fingerprint density at radius 1 is 1.40 bits per heavy atom. The third-order valence-electron chi connectivity index (χ3n) is 3.95. The molecule has 0 aromatic carbocycles. The molecule has 1 aliphatic rings. The summed E-state index contributed by atoms with van der Waals surface area (Å²) in [6.07, 6.45) is 5.21. The third-order valence-corrected chi connectivity index (χ3v) is 6.03. The maximum atomic E-state index is 12.0. The number of hydrogen-bond donors (Lipinski definition) is 1. The van der Waals surface area contributed by atoms with Crippen molar-refractivity contribution in [2.45, 2.75) is 38.2 Å². The predicted molar refractivity (Wildman–Crippen MR) is 82.6 cm³/mol. The SMILES string of the molecule is CO[C@@H]1CCCC[C@H]1CNS(=O)(=O)CCc1ccsc1. The van der Waals surface area contributed by atoms with Gasteiger partial charge in [0.25, 0.3) is 0 Å². The van der Waals surface area contributed by atoms with Crippen molar-refractivity contribution in [3.8, 4) is 0 Å². The lowest BCUT2D eigenvalue weighted by Crippen LogP contribution is -2.38. The van der Waals surface area contributed by atoms with Crippen LogP contribution in [-0.2, 0) is 21.2 Å². The Morgan fingerprint density at radius 2 is 2.20 bits per heavy atom. The Bertz CT molecular complexity index is 485. The standard InChI is InChI=1S/C14H23NO3S2/c1-18-14-5-3-2-4-13(14)10-15-20(16,17)9-7-12-6-8-19-11-12/h6,8,11,13-15H,2-5,7,9-10H2,1H3/t13-,14+/m0/s1. The van der Waals surface area contributed by atoms with E-state index in [1.807, 2.05) is 16.8 Å². The summed E-state index contributed by atoms with van der Waals surface area (Å²) in [5.41, 5.74) is 1.09. The summed E-state index contributed by atoms with van der Waals surface area (Å²) in [5.74, 6) is 0.471. The Kier molecular flexibility index (Phi) is 6.01. The number of ether oxygens (including phenoxy) is 1. The van der Waals surface area contributed by atoms with Crippen molar-refractivity contribution in [2.75, 3.05) is 19.4 Å². The average molecular weight is 317 g/mol. The van der Waals surface area contributed by atoms with Crippen LogP contribution in [0.1, 0.15) is 31.2 Å². The largest absolute Gasteiger partial charge is 0.381 e. The zero-order chi connectivity index (χ0) is 14.4. The molecule has 1 aromatic rings. The molecule has 1 N–H and O–H groups in total. The molecule has 1 saturated carbocycles. The fourth-order valence-corrected chi connectivity index (χ4v) is 4.53. The van der Waals surface area contributed by atoms with Crippen LogP contribution in [0.4, 0.5) is 0 Å². The van der Waals surface area contributed by atoms with Crippen LogP contribution in [0.5, 0.6) is 0 Å². The van der Waals surface area contributed by atoms with Crippen molar-refractivity contribution in [3.63, 3.8) is 0 Å². The molecule has 1 fully saturated rings. The van der Waals surface area contributed by atoms with E-state index in [4.69, 9.17) is 4.74 Å². The van der Waals surface area contributed by atoms with Crippen LogP contribution >= 0.6 is 11.3 Å². The fraction of sp³-hybridized carbons (Fsp3) is 0.714. The monoisotopic (exact) mass is 317 g/mol. The number of hydrogen-bond acceptors (Lipinski definition) is 4. The van der Waals surface area contributed by atoms with E-state index in [1.165, 1.54) is 12.8 Å². The van der Waals surface area contributed by atoms with E-state index in [-0.39, 0.29) is 11.9 Å². The van der Waals surface area contributed by atoms with E-state index in [0.717, 1.165) is 18.4 Å². The highest BCUT2D eigenvalue weighted by molar-refractivity contribution is 7.89. The summed E-state index contributed by atoms with van der Waals surface area (Å²) in [5, 5.41) is 3.97. The second kappa shape index (κ2) is 7.54. The normalized spacial score (nSPS) is 23.9. The van der Waals surface area contributed by atoms with Gasteiger partial charge in [0.2, 0.25) is 10.0 Å². The Hall–Kier alpha value is -0.430. The minimum Gasteiger partial charge on any atom is -0.381 e. The number of sulfonamides is 1. The Balaban J connectivity index is 1.79.